The fourth-order valence-electron chi connectivity index (χ4n) is 2.33. The van der Waals surface area contributed by atoms with E-state index < -0.39 is 0 Å². The van der Waals surface area contributed by atoms with Crippen molar-refractivity contribution in [2.45, 2.75) is 32.7 Å². The molecule has 1 aromatic rings. The third kappa shape index (κ3) is 3.07. The molecule has 1 N–H and O–H groups in total. The zero-order valence-corrected chi connectivity index (χ0v) is 10.9. The second-order valence-electron chi connectivity index (χ2n) is 4.97. The molecule has 0 aliphatic carbocycles. The van der Waals surface area contributed by atoms with Crippen LogP contribution in [-0.4, -0.2) is 29.9 Å². The molecule has 1 fully saturated rings. The highest BCUT2D eigenvalue weighted by Gasteiger charge is 2.22. The molecule has 3 nitrogen and oxygen atoms in total. The first-order chi connectivity index (χ1) is 8.56. The first-order valence-corrected chi connectivity index (χ1v) is 6.36. The topological polar surface area (TPSA) is 32.3 Å². The summed E-state index contributed by atoms with van der Waals surface area (Å²) >= 11 is 0. The van der Waals surface area contributed by atoms with Crippen molar-refractivity contribution in [1.29, 1.82) is 0 Å². The number of aryl methyl sites for hydroxylation is 1. The normalized spacial score (nSPS) is 20.1. The second-order valence-corrected chi connectivity index (χ2v) is 4.97. The number of carbonyl (C=O) groups is 1. The molecule has 0 bridgehead atoms. The summed E-state index contributed by atoms with van der Waals surface area (Å²) in [5, 5.41) is 2.78. The van der Waals surface area contributed by atoms with Crippen LogP contribution in [0.25, 0.3) is 0 Å². The zero-order valence-electron chi connectivity index (χ0n) is 10.9. The maximum atomic E-state index is 13.1. The van der Waals surface area contributed by atoms with Gasteiger partial charge in [-0.15, -0.1) is 0 Å². The maximum absolute atomic E-state index is 13.1. The van der Waals surface area contributed by atoms with Gasteiger partial charge in [0.25, 0.3) is 0 Å². The van der Waals surface area contributed by atoms with Gasteiger partial charge in [0.1, 0.15) is 5.82 Å². The van der Waals surface area contributed by atoms with Crippen LogP contribution in [0.3, 0.4) is 0 Å². The van der Waals surface area contributed by atoms with Crippen molar-refractivity contribution < 1.29 is 9.18 Å². The number of rotatable bonds is 3. The van der Waals surface area contributed by atoms with Crippen molar-refractivity contribution in [1.82, 2.24) is 4.90 Å². The molecule has 1 aliphatic rings. The number of hydrogen-bond donors (Lipinski definition) is 1. The third-order valence-corrected chi connectivity index (χ3v) is 3.51. The molecule has 4 heteroatoms. The predicted octanol–water partition coefficient (Wildman–Crippen LogP) is 2.56. The molecule has 1 saturated heterocycles. The second kappa shape index (κ2) is 5.48. The maximum Gasteiger partial charge on any atom is 0.238 e. The fraction of sp³-hybridized carbons (Fsp3) is 0.500. The number of nitrogens with zero attached hydrogens (tertiary/aromatic N) is 1. The van der Waals surface area contributed by atoms with Crippen molar-refractivity contribution in [2.24, 2.45) is 0 Å². The Labute approximate surface area is 107 Å². The largest absolute Gasteiger partial charge is 0.325 e. The van der Waals surface area contributed by atoms with Gasteiger partial charge < -0.3 is 5.32 Å². The quantitative estimate of drug-likeness (QED) is 0.894. The summed E-state index contributed by atoms with van der Waals surface area (Å²) in [6.45, 7) is 5.34. The van der Waals surface area contributed by atoms with Gasteiger partial charge in [0.15, 0.2) is 0 Å². The van der Waals surface area contributed by atoms with Gasteiger partial charge in [0.2, 0.25) is 5.91 Å². The van der Waals surface area contributed by atoms with Crippen molar-refractivity contribution >= 4 is 11.6 Å². The summed E-state index contributed by atoms with van der Waals surface area (Å²) in [6, 6.07) is 4.89. The van der Waals surface area contributed by atoms with Crippen LogP contribution in [-0.2, 0) is 4.79 Å². The molecule has 1 atom stereocenters. The van der Waals surface area contributed by atoms with Crippen LogP contribution in [0.2, 0.25) is 0 Å². The van der Waals surface area contributed by atoms with Crippen molar-refractivity contribution in [3.05, 3.63) is 29.6 Å². The van der Waals surface area contributed by atoms with Crippen molar-refractivity contribution in [3.63, 3.8) is 0 Å². The van der Waals surface area contributed by atoms with Gasteiger partial charge in [0, 0.05) is 11.7 Å². The van der Waals surface area contributed by atoms with E-state index in [2.05, 4.69) is 17.1 Å². The van der Waals surface area contributed by atoms with Crippen LogP contribution in [0.5, 0.6) is 0 Å². The number of carbonyl (C=O) groups excluding carboxylic acids is 1. The van der Waals surface area contributed by atoms with Gasteiger partial charge >= 0.3 is 0 Å². The van der Waals surface area contributed by atoms with Crippen LogP contribution < -0.4 is 5.32 Å². The summed E-state index contributed by atoms with van der Waals surface area (Å²) < 4.78 is 13.1. The molecule has 0 saturated carbocycles. The molecule has 18 heavy (non-hydrogen) atoms. The zero-order chi connectivity index (χ0) is 13.1. The Kier molecular flexibility index (Phi) is 3.97. The molecular formula is C14H19FN2O. The predicted molar refractivity (Wildman–Crippen MR) is 70.0 cm³/mol. The van der Waals surface area contributed by atoms with Crippen LogP contribution >= 0.6 is 0 Å². The monoisotopic (exact) mass is 250 g/mol. The Morgan fingerprint density at radius 3 is 3.00 bits per heavy atom. The fourth-order valence-corrected chi connectivity index (χ4v) is 2.33. The number of anilines is 1. The number of hydrogen-bond acceptors (Lipinski definition) is 2. The van der Waals surface area contributed by atoms with E-state index in [4.69, 9.17) is 0 Å². The van der Waals surface area contributed by atoms with Crippen LogP contribution in [0.1, 0.15) is 25.3 Å². The summed E-state index contributed by atoms with van der Waals surface area (Å²) in [6.07, 6.45) is 2.29. The molecule has 0 radical (unpaired) electrons. The highest BCUT2D eigenvalue weighted by Crippen LogP contribution is 2.18. The number of likely N-dealkylation sites (tertiary alicyclic amines) is 1. The molecule has 0 spiro atoms. The highest BCUT2D eigenvalue weighted by molar-refractivity contribution is 5.93. The molecule has 98 valence electrons. The Morgan fingerprint density at radius 2 is 2.33 bits per heavy atom. The van der Waals surface area contributed by atoms with Gasteiger partial charge in [-0.1, -0.05) is 6.07 Å². The summed E-state index contributed by atoms with van der Waals surface area (Å²) in [4.78, 5) is 14.1. The van der Waals surface area contributed by atoms with Crippen LogP contribution in [0.4, 0.5) is 10.1 Å². The average Bonchev–Trinajstić information content (AvgIpc) is 2.70. The third-order valence-electron chi connectivity index (χ3n) is 3.51. The minimum absolute atomic E-state index is 0.0718. The van der Waals surface area contributed by atoms with Crippen LogP contribution in [0, 0.1) is 12.7 Å². The molecule has 1 heterocycles. The van der Waals surface area contributed by atoms with Gasteiger partial charge in [-0.2, -0.15) is 0 Å². The Hall–Kier alpha value is -1.42. The molecule has 1 aromatic carbocycles. The van der Waals surface area contributed by atoms with E-state index in [1.54, 1.807) is 6.07 Å². The van der Waals surface area contributed by atoms with Crippen molar-refractivity contribution in [3.8, 4) is 0 Å². The first-order valence-electron chi connectivity index (χ1n) is 6.36. The minimum atomic E-state index is -0.328. The van der Waals surface area contributed by atoms with E-state index in [-0.39, 0.29) is 11.7 Å². The Balaban J connectivity index is 1.96. The van der Waals surface area contributed by atoms with E-state index in [0.29, 0.717) is 18.3 Å². The lowest BCUT2D eigenvalue weighted by molar-refractivity contribution is -0.117. The molecule has 1 aliphatic heterocycles. The molecular weight excluding hydrogens is 231 g/mol. The Morgan fingerprint density at radius 1 is 1.56 bits per heavy atom. The summed E-state index contributed by atoms with van der Waals surface area (Å²) in [5.41, 5.74) is 1.44. The average molecular weight is 250 g/mol. The molecule has 2 rings (SSSR count). The Bertz CT molecular complexity index is 447. The number of benzene rings is 1. The highest BCUT2D eigenvalue weighted by atomic mass is 19.1. The van der Waals surface area contributed by atoms with Gasteiger partial charge in [0.05, 0.1) is 6.54 Å². The van der Waals surface area contributed by atoms with Crippen molar-refractivity contribution in [2.75, 3.05) is 18.4 Å². The van der Waals surface area contributed by atoms with E-state index in [0.717, 1.165) is 24.9 Å². The first kappa shape index (κ1) is 13.0. The van der Waals surface area contributed by atoms with E-state index in [1.807, 2.05) is 6.92 Å². The lowest BCUT2D eigenvalue weighted by Crippen LogP contribution is -2.35. The van der Waals surface area contributed by atoms with E-state index >= 15 is 0 Å². The number of halogens is 1. The molecule has 1 unspecified atom stereocenters. The van der Waals surface area contributed by atoms with E-state index in [1.165, 1.54) is 12.1 Å². The van der Waals surface area contributed by atoms with Gasteiger partial charge in [-0.3, -0.25) is 9.69 Å². The smallest absolute Gasteiger partial charge is 0.238 e. The minimum Gasteiger partial charge on any atom is -0.325 e. The summed E-state index contributed by atoms with van der Waals surface area (Å²) in [7, 11) is 0. The van der Waals surface area contributed by atoms with Gasteiger partial charge in [-0.05, 0) is 50.9 Å². The molecule has 0 aromatic heterocycles. The number of nitrogens with one attached hydrogen (secondary N) is 1. The lowest BCUT2D eigenvalue weighted by Gasteiger charge is -2.20. The van der Waals surface area contributed by atoms with Gasteiger partial charge in [-0.25, -0.2) is 4.39 Å². The molecule has 1 amide bonds. The van der Waals surface area contributed by atoms with E-state index in [9.17, 15) is 9.18 Å². The lowest BCUT2D eigenvalue weighted by atomic mass is 10.2. The number of amides is 1. The van der Waals surface area contributed by atoms with Crippen LogP contribution in [0.15, 0.2) is 18.2 Å². The standard InChI is InChI=1S/C14H19FN2O/c1-10-5-6-12(15)8-13(10)16-14(18)9-17-7-3-4-11(17)2/h5-6,8,11H,3-4,7,9H2,1-2H3,(H,16,18). The SMILES string of the molecule is Cc1ccc(F)cc1NC(=O)CN1CCCC1C. The summed E-state index contributed by atoms with van der Waals surface area (Å²) in [5.74, 6) is -0.400.